The fraction of sp³-hybridized carbons (Fsp3) is 0. The molecule has 0 bridgehead atoms. The van der Waals surface area contributed by atoms with Crippen LogP contribution in [0.15, 0.2) is 77.7 Å². The Morgan fingerprint density at radius 3 is 2.08 bits per heavy atom. The SMILES string of the molecule is O=S(=O)(Nc1ccc(Nc2cccc(F)c2)cc1)c1ccc(Cl)cc1. The molecule has 0 heterocycles. The highest BCUT2D eigenvalue weighted by Crippen LogP contribution is 2.22. The highest BCUT2D eigenvalue weighted by atomic mass is 35.5. The first kappa shape index (κ1) is 17.3. The van der Waals surface area contributed by atoms with Gasteiger partial charge in [-0.2, -0.15) is 0 Å². The van der Waals surface area contributed by atoms with Gasteiger partial charge in [0.15, 0.2) is 0 Å². The summed E-state index contributed by atoms with van der Waals surface area (Å²) >= 11 is 5.77. The summed E-state index contributed by atoms with van der Waals surface area (Å²) in [5, 5.41) is 3.51. The minimum Gasteiger partial charge on any atom is -0.355 e. The molecule has 128 valence electrons. The van der Waals surface area contributed by atoms with Gasteiger partial charge in [0.2, 0.25) is 0 Å². The van der Waals surface area contributed by atoms with Crippen LogP contribution in [0.2, 0.25) is 5.02 Å². The number of rotatable bonds is 5. The Bertz CT molecular complexity index is 975. The maximum absolute atomic E-state index is 13.2. The van der Waals surface area contributed by atoms with Crippen molar-refractivity contribution in [2.24, 2.45) is 0 Å². The molecule has 3 rings (SSSR count). The van der Waals surface area contributed by atoms with Crippen molar-refractivity contribution in [1.82, 2.24) is 0 Å². The fourth-order valence-corrected chi connectivity index (χ4v) is 3.37. The molecular weight excluding hydrogens is 363 g/mol. The van der Waals surface area contributed by atoms with E-state index >= 15 is 0 Å². The first-order valence-corrected chi connectivity index (χ1v) is 9.19. The standard InChI is InChI=1S/C18H14ClFN2O2S/c19-13-4-10-18(11-5-13)25(23,24)22-16-8-6-15(7-9-16)21-17-3-1-2-14(20)12-17/h1-12,21-22H. The van der Waals surface area contributed by atoms with Crippen LogP contribution in [0, 0.1) is 5.82 Å². The average molecular weight is 377 g/mol. The summed E-state index contributed by atoms with van der Waals surface area (Å²) in [5.41, 5.74) is 1.73. The summed E-state index contributed by atoms with van der Waals surface area (Å²) in [6.45, 7) is 0. The minimum absolute atomic E-state index is 0.124. The zero-order chi connectivity index (χ0) is 17.9. The molecule has 0 saturated carbocycles. The third-order valence-corrected chi connectivity index (χ3v) is 5.02. The second kappa shape index (κ2) is 7.13. The summed E-state index contributed by atoms with van der Waals surface area (Å²) < 4.78 is 40.3. The molecule has 2 N–H and O–H groups in total. The van der Waals surface area contributed by atoms with Gasteiger partial charge in [0, 0.05) is 22.1 Å². The molecule has 0 atom stereocenters. The van der Waals surface area contributed by atoms with E-state index in [0.717, 1.165) is 0 Å². The van der Waals surface area contributed by atoms with Crippen molar-refractivity contribution in [2.45, 2.75) is 4.90 Å². The summed E-state index contributed by atoms with van der Waals surface area (Å²) in [6.07, 6.45) is 0. The molecular formula is C18H14ClFN2O2S. The maximum Gasteiger partial charge on any atom is 0.261 e. The quantitative estimate of drug-likeness (QED) is 0.657. The van der Waals surface area contributed by atoms with E-state index in [1.807, 2.05) is 0 Å². The summed E-state index contributed by atoms with van der Waals surface area (Å²) in [7, 11) is -3.69. The Kier molecular flexibility index (Phi) is 4.92. The monoisotopic (exact) mass is 376 g/mol. The van der Waals surface area contributed by atoms with Crippen molar-refractivity contribution < 1.29 is 12.8 Å². The van der Waals surface area contributed by atoms with Gasteiger partial charge in [-0.05, 0) is 66.7 Å². The maximum atomic E-state index is 13.2. The number of halogens is 2. The van der Waals surface area contributed by atoms with Crippen LogP contribution in [0.4, 0.5) is 21.5 Å². The lowest BCUT2D eigenvalue weighted by atomic mass is 10.2. The largest absolute Gasteiger partial charge is 0.355 e. The van der Waals surface area contributed by atoms with Crippen LogP contribution in [0.3, 0.4) is 0 Å². The van der Waals surface area contributed by atoms with Gasteiger partial charge in [-0.1, -0.05) is 17.7 Å². The molecule has 3 aromatic rings. The van der Waals surface area contributed by atoms with Gasteiger partial charge < -0.3 is 5.32 Å². The van der Waals surface area contributed by atoms with E-state index in [1.165, 1.54) is 36.4 Å². The first-order valence-electron chi connectivity index (χ1n) is 7.33. The molecule has 0 aliphatic rings. The molecule has 0 saturated heterocycles. The lowest BCUT2D eigenvalue weighted by molar-refractivity contribution is 0.601. The summed E-state index contributed by atoms with van der Waals surface area (Å²) in [4.78, 5) is 0.124. The first-order chi connectivity index (χ1) is 11.9. The molecule has 0 radical (unpaired) electrons. The molecule has 25 heavy (non-hydrogen) atoms. The van der Waals surface area contributed by atoms with Crippen molar-refractivity contribution in [2.75, 3.05) is 10.0 Å². The van der Waals surface area contributed by atoms with Crippen molar-refractivity contribution in [3.05, 3.63) is 83.6 Å². The molecule has 0 aromatic heterocycles. The average Bonchev–Trinajstić information content (AvgIpc) is 2.57. The van der Waals surface area contributed by atoms with E-state index in [9.17, 15) is 12.8 Å². The predicted molar refractivity (Wildman–Crippen MR) is 98.4 cm³/mol. The molecule has 0 aliphatic carbocycles. The smallest absolute Gasteiger partial charge is 0.261 e. The lowest BCUT2D eigenvalue weighted by Crippen LogP contribution is -2.12. The van der Waals surface area contributed by atoms with Crippen LogP contribution in [0.1, 0.15) is 0 Å². The number of anilines is 3. The number of benzene rings is 3. The lowest BCUT2D eigenvalue weighted by Gasteiger charge is -2.10. The van der Waals surface area contributed by atoms with Crippen LogP contribution in [-0.4, -0.2) is 8.42 Å². The Labute approximate surface area is 150 Å². The predicted octanol–water partition coefficient (Wildman–Crippen LogP) is 5.02. The normalized spacial score (nSPS) is 11.1. The molecule has 0 fully saturated rings. The van der Waals surface area contributed by atoms with Crippen LogP contribution >= 0.6 is 11.6 Å². The summed E-state index contributed by atoms with van der Waals surface area (Å²) in [6, 6.07) is 18.6. The molecule has 7 heteroatoms. The highest BCUT2D eigenvalue weighted by Gasteiger charge is 2.13. The van der Waals surface area contributed by atoms with Crippen LogP contribution in [0.25, 0.3) is 0 Å². The van der Waals surface area contributed by atoms with Gasteiger partial charge in [0.05, 0.1) is 4.90 Å². The number of hydrogen-bond acceptors (Lipinski definition) is 3. The zero-order valence-corrected chi connectivity index (χ0v) is 14.5. The van der Waals surface area contributed by atoms with Crippen molar-refractivity contribution >= 4 is 38.7 Å². The Morgan fingerprint density at radius 1 is 0.800 bits per heavy atom. The van der Waals surface area contributed by atoms with Crippen molar-refractivity contribution in [3.63, 3.8) is 0 Å². The van der Waals surface area contributed by atoms with E-state index in [0.29, 0.717) is 22.1 Å². The van der Waals surface area contributed by atoms with E-state index in [4.69, 9.17) is 11.6 Å². The third kappa shape index (κ3) is 4.49. The van der Waals surface area contributed by atoms with Crippen molar-refractivity contribution in [3.8, 4) is 0 Å². The van der Waals surface area contributed by atoms with Gasteiger partial charge >= 0.3 is 0 Å². The molecule has 0 unspecified atom stereocenters. The van der Waals surface area contributed by atoms with Gasteiger partial charge in [0.1, 0.15) is 5.82 Å². The van der Waals surface area contributed by atoms with Gasteiger partial charge in [0.25, 0.3) is 10.0 Å². The number of sulfonamides is 1. The Morgan fingerprint density at radius 2 is 1.44 bits per heavy atom. The van der Waals surface area contributed by atoms with E-state index in [1.54, 1.807) is 36.4 Å². The molecule has 3 aromatic carbocycles. The van der Waals surface area contributed by atoms with E-state index in [-0.39, 0.29) is 10.7 Å². The van der Waals surface area contributed by atoms with Gasteiger partial charge in [-0.3, -0.25) is 4.72 Å². The van der Waals surface area contributed by atoms with Gasteiger partial charge in [-0.15, -0.1) is 0 Å². The molecule has 0 spiro atoms. The second-order valence-corrected chi connectivity index (χ2v) is 7.39. The Hall–Kier alpha value is -2.57. The molecule has 4 nitrogen and oxygen atoms in total. The molecule has 0 aliphatic heterocycles. The number of hydrogen-bond donors (Lipinski definition) is 2. The van der Waals surface area contributed by atoms with Crippen LogP contribution < -0.4 is 10.0 Å². The van der Waals surface area contributed by atoms with Crippen molar-refractivity contribution in [1.29, 1.82) is 0 Å². The Balaban J connectivity index is 1.73. The summed E-state index contributed by atoms with van der Waals surface area (Å²) in [5.74, 6) is -0.336. The van der Waals surface area contributed by atoms with Crippen LogP contribution in [-0.2, 0) is 10.0 Å². The highest BCUT2D eigenvalue weighted by molar-refractivity contribution is 7.92. The van der Waals surface area contributed by atoms with E-state index in [2.05, 4.69) is 10.0 Å². The molecule has 0 amide bonds. The minimum atomic E-state index is -3.69. The van der Waals surface area contributed by atoms with E-state index < -0.39 is 10.0 Å². The number of nitrogens with one attached hydrogen (secondary N) is 2. The zero-order valence-electron chi connectivity index (χ0n) is 12.9. The second-order valence-electron chi connectivity index (χ2n) is 5.27. The van der Waals surface area contributed by atoms with Crippen LogP contribution in [0.5, 0.6) is 0 Å². The van der Waals surface area contributed by atoms with Gasteiger partial charge in [-0.25, -0.2) is 12.8 Å². The topological polar surface area (TPSA) is 58.2 Å². The fourth-order valence-electron chi connectivity index (χ4n) is 2.18. The third-order valence-electron chi connectivity index (χ3n) is 3.37.